The Labute approximate surface area is 141 Å². The molecule has 0 atom stereocenters. The van der Waals surface area contributed by atoms with Gasteiger partial charge >= 0.3 is 5.97 Å². The molecule has 4 heteroatoms. The fourth-order valence-corrected chi connectivity index (χ4v) is 2.74. The summed E-state index contributed by atoms with van der Waals surface area (Å²) in [6.45, 7) is 0. The van der Waals surface area contributed by atoms with Gasteiger partial charge in [-0.25, -0.2) is 0 Å². The lowest BCUT2D eigenvalue weighted by Gasteiger charge is -2.09. The summed E-state index contributed by atoms with van der Waals surface area (Å²) >= 11 is 9.54. The number of ether oxygens (including phenoxy) is 1. The molecular formula is C18H12BrClO2. The molecule has 3 rings (SSSR count). The lowest BCUT2D eigenvalue weighted by Crippen LogP contribution is -2.11. The van der Waals surface area contributed by atoms with Gasteiger partial charge in [0.05, 0.1) is 6.42 Å². The van der Waals surface area contributed by atoms with Crippen LogP contribution in [0.2, 0.25) is 5.02 Å². The molecule has 0 aliphatic carbocycles. The molecular weight excluding hydrogens is 364 g/mol. The highest BCUT2D eigenvalue weighted by atomic mass is 79.9. The Kier molecular flexibility index (Phi) is 4.46. The van der Waals surface area contributed by atoms with Gasteiger partial charge in [0.15, 0.2) is 0 Å². The Morgan fingerprint density at radius 1 is 0.955 bits per heavy atom. The van der Waals surface area contributed by atoms with Crippen LogP contribution in [0.5, 0.6) is 5.75 Å². The second-order valence-electron chi connectivity index (χ2n) is 4.87. The Morgan fingerprint density at radius 2 is 1.64 bits per heavy atom. The highest BCUT2D eigenvalue weighted by molar-refractivity contribution is 9.10. The fourth-order valence-electron chi connectivity index (χ4n) is 2.25. The molecule has 0 N–H and O–H groups in total. The van der Waals surface area contributed by atoms with E-state index in [-0.39, 0.29) is 12.4 Å². The standard InChI is InChI=1S/C18H12BrClO2/c19-13-7-5-12(6-8-13)11-18(21)22-17-10-9-16(20)14-3-1-2-4-15(14)17/h1-10H,11H2. The van der Waals surface area contributed by atoms with Crippen LogP contribution < -0.4 is 4.74 Å². The van der Waals surface area contributed by atoms with Gasteiger partial charge in [0.25, 0.3) is 0 Å². The third-order valence-corrected chi connectivity index (χ3v) is 4.17. The van der Waals surface area contributed by atoms with Crippen molar-refractivity contribution in [2.45, 2.75) is 6.42 Å². The van der Waals surface area contributed by atoms with Crippen molar-refractivity contribution in [1.82, 2.24) is 0 Å². The predicted molar refractivity (Wildman–Crippen MR) is 92.4 cm³/mol. The third kappa shape index (κ3) is 3.32. The van der Waals surface area contributed by atoms with Crippen LogP contribution in [0.4, 0.5) is 0 Å². The minimum Gasteiger partial charge on any atom is -0.426 e. The Balaban J connectivity index is 1.82. The highest BCUT2D eigenvalue weighted by Crippen LogP contribution is 2.31. The van der Waals surface area contributed by atoms with Gasteiger partial charge in [-0.05, 0) is 29.8 Å². The molecule has 0 amide bonds. The molecule has 110 valence electrons. The Morgan fingerprint density at radius 3 is 2.36 bits per heavy atom. The third-order valence-electron chi connectivity index (χ3n) is 3.32. The van der Waals surface area contributed by atoms with E-state index in [0.717, 1.165) is 20.8 Å². The van der Waals surface area contributed by atoms with Crippen molar-refractivity contribution in [1.29, 1.82) is 0 Å². The van der Waals surface area contributed by atoms with Crippen molar-refractivity contribution in [2.75, 3.05) is 0 Å². The average molecular weight is 376 g/mol. The molecule has 0 heterocycles. The van der Waals surface area contributed by atoms with Crippen LogP contribution in [-0.2, 0) is 11.2 Å². The summed E-state index contributed by atoms with van der Waals surface area (Å²) in [4.78, 5) is 12.1. The molecule has 0 spiro atoms. The molecule has 22 heavy (non-hydrogen) atoms. The smallest absolute Gasteiger partial charge is 0.315 e. The summed E-state index contributed by atoms with van der Waals surface area (Å²) in [5.74, 6) is 0.233. The first kappa shape index (κ1) is 15.1. The number of hydrogen-bond acceptors (Lipinski definition) is 2. The minimum absolute atomic E-state index is 0.226. The lowest BCUT2D eigenvalue weighted by atomic mass is 10.1. The first-order valence-electron chi connectivity index (χ1n) is 6.76. The van der Waals surface area contributed by atoms with Crippen LogP contribution in [0.1, 0.15) is 5.56 Å². The lowest BCUT2D eigenvalue weighted by molar-refractivity contribution is -0.133. The number of benzene rings is 3. The van der Waals surface area contributed by atoms with Crippen LogP contribution in [0, 0.1) is 0 Å². The van der Waals surface area contributed by atoms with E-state index in [1.54, 1.807) is 12.1 Å². The monoisotopic (exact) mass is 374 g/mol. The minimum atomic E-state index is -0.296. The molecule has 3 aromatic carbocycles. The van der Waals surface area contributed by atoms with Gasteiger partial charge in [0, 0.05) is 20.3 Å². The Bertz CT molecular complexity index is 828. The van der Waals surface area contributed by atoms with Gasteiger partial charge in [-0.3, -0.25) is 4.79 Å². The van der Waals surface area contributed by atoms with Crippen molar-refractivity contribution in [3.8, 4) is 5.75 Å². The van der Waals surface area contributed by atoms with E-state index in [0.29, 0.717) is 10.8 Å². The number of halogens is 2. The quantitative estimate of drug-likeness (QED) is 0.452. The molecule has 0 aliphatic heterocycles. The van der Waals surface area contributed by atoms with Crippen molar-refractivity contribution < 1.29 is 9.53 Å². The number of hydrogen-bond donors (Lipinski definition) is 0. The van der Waals surface area contributed by atoms with E-state index in [9.17, 15) is 4.79 Å². The van der Waals surface area contributed by atoms with Crippen molar-refractivity contribution in [2.24, 2.45) is 0 Å². The van der Waals surface area contributed by atoms with Crippen LogP contribution in [-0.4, -0.2) is 5.97 Å². The summed E-state index contributed by atoms with van der Waals surface area (Å²) in [6, 6.07) is 18.7. The zero-order valence-corrected chi connectivity index (χ0v) is 13.9. The fraction of sp³-hybridized carbons (Fsp3) is 0.0556. The molecule has 0 radical (unpaired) electrons. The van der Waals surface area contributed by atoms with E-state index in [2.05, 4.69) is 15.9 Å². The number of carbonyl (C=O) groups excluding carboxylic acids is 1. The largest absolute Gasteiger partial charge is 0.426 e. The molecule has 0 saturated carbocycles. The maximum Gasteiger partial charge on any atom is 0.315 e. The number of fused-ring (bicyclic) bond motifs is 1. The van der Waals surface area contributed by atoms with E-state index < -0.39 is 0 Å². The van der Waals surface area contributed by atoms with Crippen LogP contribution >= 0.6 is 27.5 Å². The summed E-state index contributed by atoms with van der Waals surface area (Å²) in [5, 5.41) is 2.35. The predicted octanol–water partition coefficient (Wildman–Crippen LogP) is 5.40. The molecule has 0 aliphatic rings. The van der Waals surface area contributed by atoms with Crippen molar-refractivity contribution in [3.63, 3.8) is 0 Å². The van der Waals surface area contributed by atoms with Gasteiger partial charge in [-0.2, -0.15) is 0 Å². The first-order valence-corrected chi connectivity index (χ1v) is 7.93. The summed E-state index contributed by atoms with van der Waals surface area (Å²) in [7, 11) is 0. The SMILES string of the molecule is O=C(Cc1ccc(Br)cc1)Oc1ccc(Cl)c2ccccc12. The zero-order chi connectivity index (χ0) is 15.5. The van der Waals surface area contributed by atoms with Crippen molar-refractivity contribution >= 4 is 44.3 Å². The number of carbonyl (C=O) groups is 1. The van der Waals surface area contributed by atoms with E-state index in [4.69, 9.17) is 16.3 Å². The zero-order valence-electron chi connectivity index (χ0n) is 11.6. The number of rotatable bonds is 3. The molecule has 0 fully saturated rings. The maximum absolute atomic E-state index is 12.1. The summed E-state index contributed by atoms with van der Waals surface area (Å²) in [6.07, 6.45) is 0.226. The molecule has 0 aromatic heterocycles. The summed E-state index contributed by atoms with van der Waals surface area (Å²) < 4.78 is 6.49. The van der Waals surface area contributed by atoms with E-state index >= 15 is 0 Å². The second kappa shape index (κ2) is 6.51. The topological polar surface area (TPSA) is 26.3 Å². The number of esters is 1. The van der Waals surface area contributed by atoms with Crippen LogP contribution in [0.3, 0.4) is 0 Å². The van der Waals surface area contributed by atoms with E-state index in [1.807, 2.05) is 48.5 Å². The molecule has 0 unspecified atom stereocenters. The Hall–Kier alpha value is -1.84. The van der Waals surface area contributed by atoms with Crippen LogP contribution in [0.15, 0.2) is 65.1 Å². The van der Waals surface area contributed by atoms with Gasteiger partial charge in [-0.1, -0.05) is 63.9 Å². The van der Waals surface area contributed by atoms with Gasteiger partial charge in [-0.15, -0.1) is 0 Å². The first-order chi connectivity index (χ1) is 10.6. The average Bonchev–Trinajstić information content (AvgIpc) is 2.53. The van der Waals surface area contributed by atoms with Gasteiger partial charge in [0.2, 0.25) is 0 Å². The molecule has 2 nitrogen and oxygen atoms in total. The molecule has 3 aromatic rings. The maximum atomic E-state index is 12.1. The molecule has 0 bridgehead atoms. The molecule has 0 saturated heterocycles. The highest BCUT2D eigenvalue weighted by Gasteiger charge is 2.10. The van der Waals surface area contributed by atoms with Gasteiger partial charge in [0.1, 0.15) is 5.75 Å². The summed E-state index contributed by atoms with van der Waals surface area (Å²) in [5.41, 5.74) is 0.909. The van der Waals surface area contributed by atoms with Crippen LogP contribution in [0.25, 0.3) is 10.8 Å². The normalized spacial score (nSPS) is 10.6. The van der Waals surface area contributed by atoms with Crippen molar-refractivity contribution in [3.05, 3.63) is 75.7 Å². The van der Waals surface area contributed by atoms with Gasteiger partial charge < -0.3 is 4.74 Å². The second-order valence-corrected chi connectivity index (χ2v) is 6.19. The van der Waals surface area contributed by atoms with E-state index in [1.165, 1.54) is 0 Å².